The Kier molecular flexibility index (Phi) is 35.2. The summed E-state index contributed by atoms with van der Waals surface area (Å²) in [5.74, 6) is -3.45. The van der Waals surface area contributed by atoms with Crippen molar-refractivity contribution in [3.63, 3.8) is 0 Å². The number of ether oxygens (including phenoxy) is 2. The molecule has 0 amide bonds. The Morgan fingerprint density at radius 2 is 0.817 bits per heavy atom. The molecule has 115 heavy (non-hydrogen) atoms. The van der Waals surface area contributed by atoms with Gasteiger partial charge in [-0.15, -0.1) is 0 Å². The van der Waals surface area contributed by atoms with Crippen molar-refractivity contribution in [3.8, 4) is 17.2 Å². The number of benzene rings is 8. The predicted molar refractivity (Wildman–Crippen MR) is 468 cm³/mol. The molecule has 0 unspecified atom stereocenters. The molecule has 3 aliphatic rings. The maximum Gasteiger partial charge on any atom is 0.347 e. The quantitative estimate of drug-likeness (QED) is 0.146. The highest BCUT2D eigenvalue weighted by Crippen LogP contribution is 2.36. The number of phenols is 1. The summed E-state index contributed by atoms with van der Waals surface area (Å²) in [5, 5.41) is 15.9. The van der Waals surface area contributed by atoms with E-state index in [2.05, 4.69) is 200 Å². The van der Waals surface area contributed by atoms with Gasteiger partial charge in [0.1, 0.15) is 30.3 Å². The lowest BCUT2D eigenvalue weighted by molar-refractivity contribution is 0.00841. The van der Waals surface area contributed by atoms with E-state index in [1.165, 1.54) is 101 Å². The molecule has 3 saturated heterocycles. The van der Waals surface area contributed by atoms with Crippen LogP contribution in [-0.4, -0.2) is 72.3 Å². The number of anilines is 2. The van der Waals surface area contributed by atoms with E-state index in [1.807, 2.05) is 95.0 Å². The lowest BCUT2D eigenvalue weighted by atomic mass is 9.85. The third-order valence-corrected chi connectivity index (χ3v) is 20.3. The van der Waals surface area contributed by atoms with Crippen LogP contribution in [0, 0.1) is 17.5 Å². The minimum absolute atomic E-state index is 0.0154. The maximum atomic E-state index is 14.2. The summed E-state index contributed by atoms with van der Waals surface area (Å²) in [6, 6.07) is 55.6. The van der Waals surface area contributed by atoms with Crippen LogP contribution in [0.2, 0.25) is 5.02 Å². The SMILES string of the molecule is CC(C)(C)c1ccc(-n2cn[nH]c2=O)cc1.CC(C)(C)c1ccc(C(C)(F)F)cc1.CC(C)(C)c1ccc(C2COC2)cc1.CC(C)(C)c1ccc(Cl)cc1.CC(C)(C)c1ccc(N2CCCC2)cc1.CC(C)(C)c1ccc(N2CCCCC2)c(F)c1F.CC(C)(C)c1ccc(O)cc1.CC(C)(C)c1ccc(OCC(F)F)cc1F. The first-order valence-corrected chi connectivity index (χ1v) is 40.7. The molecule has 0 bridgehead atoms. The standard InChI is InChI=1S/C15H21F2N.C14H21N.C13H18O.C12H15F3O.C12H16F2.C12H15N3O.C10H13Cl.C10H14O/c1-15(2,3)11-7-8-12(14(17)13(11)16)18-9-5-4-6-10-18;1-14(2,3)12-6-8-13(9-7-12)15-10-4-5-11-15;1-13(2,3)12-6-4-10(5-7-12)11-8-14-9-11;1-12(2,3)9-5-4-8(6-10(9)13)16-7-11(14)15;1-11(2,3)9-5-7-10(8-6-9)12(4,13)14;1-12(2,3)9-4-6-10(7-5-9)15-8-13-14-11(15)16;2*1-10(2,3)8-4-6-9(11)7-5-8/h7-8H,4-6,9-10H2,1-3H3;6-9H,4-5,10-11H2,1-3H3;4-7,11H,8-9H2,1-3H3;4-6,11H,7H2,1-3H3;5-8H,1-4H3;4-8H,1-3H3,(H,14,16);4-7H,1-3H3;4-7,11H,1-3H3. The highest BCUT2D eigenvalue weighted by Gasteiger charge is 2.28. The van der Waals surface area contributed by atoms with Crippen LogP contribution < -0.4 is 20.2 Å². The number of hydrogen-bond acceptors (Lipinski definition) is 7. The normalized spacial score (nSPS) is 14.2. The second-order valence-corrected chi connectivity index (χ2v) is 38.8. The Morgan fingerprint density at radius 3 is 1.18 bits per heavy atom. The van der Waals surface area contributed by atoms with E-state index in [-0.39, 0.29) is 60.3 Å². The Hall–Kier alpha value is -8.34. The molecule has 0 aliphatic carbocycles. The third-order valence-electron chi connectivity index (χ3n) is 20.0. The fraction of sp³-hybridized carbons (Fsp3) is 0.490. The number of phenolic OH excluding ortho intramolecular Hbond substituents is 1. The topological polar surface area (TPSA) is 95.9 Å². The van der Waals surface area contributed by atoms with Crippen LogP contribution in [0.1, 0.15) is 267 Å². The smallest absolute Gasteiger partial charge is 0.347 e. The number of nitrogens with zero attached hydrogens (tertiary/aromatic N) is 4. The van der Waals surface area contributed by atoms with E-state index in [1.54, 1.807) is 42.5 Å². The van der Waals surface area contributed by atoms with Gasteiger partial charge in [0.25, 0.3) is 12.3 Å². The number of nitrogens with one attached hydrogen (secondary N) is 1. The minimum Gasteiger partial charge on any atom is -0.508 e. The van der Waals surface area contributed by atoms with E-state index >= 15 is 0 Å². The first-order chi connectivity index (χ1) is 53.0. The number of piperidine rings is 1. The fourth-order valence-electron chi connectivity index (χ4n) is 12.4. The van der Waals surface area contributed by atoms with Gasteiger partial charge >= 0.3 is 5.69 Å². The minimum atomic E-state index is -2.74. The van der Waals surface area contributed by atoms with Gasteiger partial charge in [-0.3, -0.25) is 0 Å². The number of aromatic amines is 1. The van der Waals surface area contributed by atoms with Crippen LogP contribution in [0.15, 0.2) is 187 Å². The number of hydrogen-bond donors (Lipinski definition) is 2. The molecule has 3 aliphatic heterocycles. The zero-order chi connectivity index (χ0) is 86.5. The lowest BCUT2D eigenvalue weighted by Gasteiger charge is -2.30. The molecular formula is C98H133ClF7N5O4. The zero-order valence-corrected chi connectivity index (χ0v) is 74.2. The number of alkyl halides is 4. The number of H-pyrrole nitrogens is 1. The Morgan fingerprint density at radius 1 is 0.452 bits per heavy atom. The van der Waals surface area contributed by atoms with E-state index in [0.717, 1.165) is 68.4 Å². The summed E-state index contributed by atoms with van der Waals surface area (Å²) in [5.41, 5.74) is 13.0. The average molecular weight is 1610 g/mol. The zero-order valence-electron chi connectivity index (χ0n) is 73.4. The van der Waals surface area contributed by atoms with E-state index in [0.29, 0.717) is 28.5 Å². The van der Waals surface area contributed by atoms with Crippen LogP contribution in [0.4, 0.5) is 42.1 Å². The monoisotopic (exact) mass is 1610 g/mol. The van der Waals surface area contributed by atoms with Crippen LogP contribution >= 0.6 is 11.6 Å². The molecule has 12 rings (SSSR count). The summed E-state index contributed by atoms with van der Waals surface area (Å²) in [6.45, 7) is 56.6. The Labute approximate surface area is 689 Å². The molecule has 8 aromatic carbocycles. The number of halogens is 8. The van der Waals surface area contributed by atoms with Crippen molar-refractivity contribution in [2.75, 3.05) is 55.8 Å². The molecule has 17 heteroatoms. The van der Waals surface area contributed by atoms with Gasteiger partial charge in [0.05, 0.1) is 24.6 Å². The van der Waals surface area contributed by atoms with Gasteiger partial charge in [0, 0.05) is 61.4 Å². The van der Waals surface area contributed by atoms with Crippen LogP contribution in [0.3, 0.4) is 0 Å². The van der Waals surface area contributed by atoms with Gasteiger partial charge in [0.15, 0.2) is 11.6 Å². The predicted octanol–water partition coefficient (Wildman–Crippen LogP) is 27.0. The van der Waals surface area contributed by atoms with Gasteiger partial charge in [-0.05, 0) is 186 Å². The van der Waals surface area contributed by atoms with Gasteiger partial charge in [-0.2, -0.15) is 5.10 Å². The van der Waals surface area contributed by atoms with E-state index in [9.17, 15) is 35.5 Å². The molecule has 4 heterocycles. The number of rotatable bonds is 8. The van der Waals surface area contributed by atoms with Crippen molar-refractivity contribution in [2.24, 2.45) is 0 Å². The van der Waals surface area contributed by atoms with Crippen molar-refractivity contribution in [3.05, 3.63) is 271 Å². The Balaban J connectivity index is 0.000000236. The van der Waals surface area contributed by atoms with Crippen molar-refractivity contribution in [2.45, 2.75) is 267 Å². The largest absolute Gasteiger partial charge is 0.508 e. The average Bonchev–Trinajstić information content (AvgIpc) is 1.34. The van der Waals surface area contributed by atoms with Crippen molar-refractivity contribution in [1.29, 1.82) is 0 Å². The van der Waals surface area contributed by atoms with E-state index in [4.69, 9.17) is 26.2 Å². The second-order valence-electron chi connectivity index (χ2n) is 38.3. The van der Waals surface area contributed by atoms with Gasteiger partial charge < -0.3 is 24.4 Å². The molecule has 9 aromatic rings. The van der Waals surface area contributed by atoms with E-state index < -0.39 is 36.4 Å². The summed E-state index contributed by atoms with van der Waals surface area (Å²) < 4.78 is 103. The molecule has 0 radical (unpaired) electrons. The first kappa shape index (κ1) is 97.2. The number of aromatic hydroxyl groups is 1. The first-order valence-electron chi connectivity index (χ1n) is 40.3. The molecule has 0 atom stereocenters. The molecule has 3 fully saturated rings. The fourth-order valence-corrected chi connectivity index (χ4v) is 12.5. The molecular weight excluding hydrogens is 1480 g/mol. The molecule has 0 saturated carbocycles. The Bertz CT molecular complexity index is 4320. The van der Waals surface area contributed by atoms with Crippen LogP contribution in [-0.2, 0) is 54.0 Å². The molecule has 1 aromatic heterocycles. The van der Waals surface area contributed by atoms with Crippen LogP contribution in [0.5, 0.6) is 11.5 Å². The summed E-state index contributed by atoms with van der Waals surface area (Å²) in [4.78, 5) is 15.8. The second kappa shape index (κ2) is 41.7. The van der Waals surface area contributed by atoms with Crippen molar-refractivity contribution in [1.82, 2.24) is 14.8 Å². The van der Waals surface area contributed by atoms with Gasteiger partial charge in [-0.1, -0.05) is 287 Å². The highest BCUT2D eigenvalue weighted by atomic mass is 35.5. The van der Waals surface area contributed by atoms with Gasteiger partial charge in [-0.25, -0.2) is 45.2 Å². The van der Waals surface area contributed by atoms with Gasteiger partial charge in [0.2, 0.25) is 0 Å². The van der Waals surface area contributed by atoms with Crippen LogP contribution in [0.25, 0.3) is 5.69 Å². The summed E-state index contributed by atoms with van der Waals surface area (Å²) >= 11 is 5.76. The summed E-state index contributed by atoms with van der Waals surface area (Å²) in [6.07, 6.45) is 4.92. The summed E-state index contributed by atoms with van der Waals surface area (Å²) in [7, 11) is 0. The number of aromatic nitrogens is 3. The van der Waals surface area contributed by atoms with Crippen molar-refractivity contribution < 1.29 is 45.3 Å². The molecule has 630 valence electrons. The molecule has 2 N–H and O–H groups in total. The van der Waals surface area contributed by atoms with Crippen molar-refractivity contribution >= 4 is 23.0 Å². The lowest BCUT2D eigenvalue weighted by Crippen LogP contribution is -2.30. The molecule has 0 spiro atoms. The maximum absolute atomic E-state index is 14.2. The molecule has 9 nitrogen and oxygen atoms in total. The highest BCUT2D eigenvalue weighted by molar-refractivity contribution is 6.30. The third kappa shape index (κ3) is 32.2.